The number of amides is 1. The Hall–Kier alpha value is -1.13. The maximum Gasteiger partial charge on any atom is 0.265 e. The minimum Gasteiger partial charge on any atom is -0.321 e. The van der Waals surface area contributed by atoms with Gasteiger partial charge in [0.15, 0.2) is 0 Å². The molecule has 0 aliphatic carbocycles. The highest BCUT2D eigenvalue weighted by Gasteiger charge is 2.08. The van der Waals surface area contributed by atoms with Gasteiger partial charge in [0, 0.05) is 5.69 Å². The molecule has 1 amide bonds. The second kappa shape index (κ2) is 5.47. The first kappa shape index (κ1) is 12.3. The third-order valence-corrected chi connectivity index (χ3v) is 4.04. The van der Waals surface area contributed by atoms with Crippen LogP contribution >= 0.6 is 27.3 Å². The van der Waals surface area contributed by atoms with Gasteiger partial charge in [-0.05, 0) is 52.2 Å². The predicted octanol–water partition coefficient (Wildman–Crippen LogP) is 4.33. The van der Waals surface area contributed by atoms with E-state index in [0.717, 1.165) is 15.9 Å². The van der Waals surface area contributed by atoms with Crippen LogP contribution in [0.4, 0.5) is 5.69 Å². The van der Waals surface area contributed by atoms with Crippen molar-refractivity contribution in [2.75, 3.05) is 5.32 Å². The van der Waals surface area contributed by atoms with Gasteiger partial charge in [-0.1, -0.05) is 19.1 Å². The zero-order valence-corrected chi connectivity index (χ0v) is 11.8. The van der Waals surface area contributed by atoms with Crippen molar-refractivity contribution in [1.29, 1.82) is 0 Å². The fourth-order valence-corrected chi connectivity index (χ4v) is 2.73. The van der Waals surface area contributed by atoms with Crippen LogP contribution in [0.5, 0.6) is 0 Å². The molecule has 0 aliphatic rings. The molecular formula is C13H12BrNOS. The fraction of sp³-hybridized carbons (Fsp3) is 0.154. The minimum atomic E-state index is -0.0649. The quantitative estimate of drug-likeness (QED) is 0.898. The molecule has 1 aromatic carbocycles. The first-order chi connectivity index (χ1) is 8.19. The molecule has 4 heteroatoms. The van der Waals surface area contributed by atoms with Crippen LogP contribution in [-0.4, -0.2) is 5.91 Å². The van der Waals surface area contributed by atoms with Crippen molar-refractivity contribution in [3.63, 3.8) is 0 Å². The maximum absolute atomic E-state index is 11.9. The van der Waals surface area contributed by atoms with Crippen LogP contribution in [0.1, 0.15) is 22.2 Å². The van der Waals surface area contributed by atoms with Gasteiger partial charge >= 0.3 is 0 Å². The van der Waals surface area contributed by atoms with Crippen molar-refractivity contribution in [3.05, 3.63) is 50.6 Å². The maximum atomic E-state index is 11.9. The standard InChI is InChI=1S/C13H12BrNOS/c1-2-9-3-5-10(6-4-9)15-13(16)11-7-8-12(14)17-11/h3-8H,2H2,1H3,(H,15,16). The van der Waals surface area contributed by atoms with Gasteiger partial charge in [0.2, 0.25) is 0 Å². The lowest BCUT2D eigenvalue weighted by Crippen LogP contribution is -2.09. The van der Waals surface area contributed by atoms with Gasteiger partial charge in [-0.3, -0.25) is 4.79 Å². The Kier molecular flexibility index (Phi) is 3.97. The van der Waals surface area contributed by atoms with E-state index in [4.69, 9.17) is 0 Å². The molecule has 1 aromatic heterocycles. The Labute approximate surface area is 113 Å². The van der Waals surface area contributed by atoms with Crippen LogP contribution in [-0.2, 0) is 6.42 Å². The highest BCUT2D eigenvalue weighted by Crippen LogP contribution is 2.23. The van der Waals surface area contributed by atoms with Crippen molar-refractivity contribution in [1.82, 2.24) is 0 Å². The molecule has 0 spiro atoms. The normalized spacial score (nSPS) is 10.2. The van der Waals surface area contributed by atoms with Gasteiger partial charge in [-0.2, -0.15) is 0 Å². The van der Waals surface area contributed by atoms with Crippen molar-refractivity contribution >= 4 is 38.9 Å². The largest absolute Gasteiger partial charge is 0.321 e. The third-order valence-electron chi connectivity index (χ3n) is 2.42. The van der Waals surface area contributed by atoms with Gasteiger partial charge in [-0.25, -0.2) is 0 Å². The monoisotopic (exact) mass is 309 g/mol. The lowest BCUT2D eigenvalue weighted by molar-refractivity contribution is 0.103. The fourth-order valence-electron chi connectivity index (χ4n) is 1.45. The second-order valence-electron chi connectivity index (χ2n) is 3.61. The zero-order chi connectivity index (χ0) is 12.3. The molecule has 88 valence electrons. The smallest absolute Gasteiger partial charge is 0.265 e. The highest BCUT2D eigenvalue weighted by molar-refractivity contribution is 9.11. The SMILES string of the molecule is CCc1ccc(NC(=O)c2ccc(Br)s2)cc1. The molecule has 0 bridgehead atoms. The van der Waals surface area contributed by atoms with Crippen LogP contribution in [0.3, 0.4) is 0 Å². The number of carbonyl (C=O) groups is 1. The molecule has 0 saturated carbocycles. The van der Waals surface area contributed by atoms with Crippen molar-refractivity contribution in [2.24, 2.45) is 0 Å². The number of carbonyl (C=O) groups excluding carboxylic acids is 1. The van der Waals surface area contributed by atoms with E-state index in [1.807, 2.05) is 36.4 Å². The van der Waals surface area contributed by atoms with Gasteiger partial charge in [0.1, 0.15) is 0 Å². The molecular weight excluding hydrogens is 298 g/mol. The Bertz CT molecular complexity index is 518. The number of halogens is 1. The molecule has 2 rings (SSSR count). The summed E-state index contributed by atoms with van der Waals surface area (Å²) in [5.41, 5.74) is 2.10. The van der Waals surface area contributed by atoms with E-state index in [2.05, 4.69) is 28.2 Å². The van der Waals surface area contributed by atoms with E-state index >= 15 is 0 Å². The molecule has 0 saturated heterocycles. The molecule has 0 radical (unpaired) electrons. The second-order valence-corrected chi connectivity index (χ2v) is 6.07. The van der Waals surface area contributed by atoms with Crippen molar-refractivity contribution < 1.29 is 4.79 Å². The Morgan fingerprint density at radius 2 is 1.94 bits per heavy atom. The van der Waals surface area contributed by atoms with Crippen molar-refractivity contribution in [2.45, 2.75) is 13.3 Å². The number of hydrogen-bond acceptors (Lipinski definition) is 2. The number of hydrogen-bond donors (Lipinski definition) is 1. The molecule has 2 aromatic rings. The molecule has 1 N–H and O–H groups in total. The van der Waals surface area contributed by atoms with Gasteiger partial charge in [0.25, 0.3) is 5.91 Å². The minimum absolute atomic E-state index is 0.0649. The van der Waals surface area contributed by atoms with Crippen LogP contribution in [0.25, 0.3) is 0 Å². The number of benzene rings is 1. The van der Waals surface area contributed by atoms with Crippen LogP contribution in [0.2, 0.25) is 0 Å². The van der Waals surface area contributed by atoms with E-state index in [-0.39, 0.29) is 5.91 Å². The summed E-state index contributed by atoms with van der Waals surface area (Å²) >= 11 is 4.77. The Morgan fingerprint density at radius 3 is 2.47 bits per heavy atom. The van der Waals surface area contributed by atoms with Crippen LogP contribution in [0, 0.1) is 0 Å². The van der Waals surface area contributed by atoms with Gasteiger partial charge in [0.05, 0.1) is 8.66 Å². The average molecular weight is 310 g/mol. The molecule has 0 unspecified atom stereocenters. The van der Waals surface area contributed by atoms with Gasteiger partial charge in [-0.15, -0.1) is 11.3 Å². The van der Waals surface area contributed by atoms with E-state index < -0.39 is 0 Å². The van der Waals surface area contributed by atoms with E-state index in [1.165, 1.54) is 16.9 Å². The first-order valence-corrected chi connectivity index (χ1v) is 6.95. The molecule has 17 heavy (non-hydrogen) atoms. The molecule has 0 atom stereocenters. The highest BCUT2D eigenvalue weighted by atomic mass is 79.9. The summed E-state index contributed by atoms with van der Waals surface area (Å²) in [4.78, 5) is 12.6. The lowest BCUT2D eigenvalue weighted by Gasteiger charge is -2.04. The molecule has 0 fully saturated rings. The summed E-state index contributed by atoms with van der Waals surface area (Å²) in [6.07, 6.45) is 1.01. The van der Waals surface area contributed by atoms with Crippen molar-refractivity contribution in [3.8, 4) is 0 Å². The Morgan fingerprint density at radius 1 is 1.24 bits per heavy atom. The zero-order valence-electron chi connectivity index (χ0n) is 9.37. The van der Waals surface area contributed by atoms with E-state index in [0.29, 0.717) is 4.88 Å². The molecule has 1 heterocycles. The summed E-state index contributed by atoms with van der Waals surface area (Å²) in [6.45, 7) is 2.11. The predicted molar refractivity (Wildman–Crippen MR) is 75.8 cm³/mol. The molecule has 2 nitrogen and oxygen atoms in total. The number of nitrogens with one attached hydrogen (secondary N) is 1. The summed E-state index contributed by atoms with van der Waals surface area (Å²) in [5.74, 6) is -0.0649. The summed E-state index contributed by atoms with van der Waals surface area (Å²) in [7, 11) is 0. The number of anilines is 1. The van der Waals surface area contributed by atoms with Gasteiger partial charge < -0.3 is 5.32 Å². The summed E-state index contributed by atoms with van der Waals surface area (Å²) < 4.78 is 0.962. The molecule has 0 aliphatic heterocycles. The van der Waals surface area contributed by atoms with Crippen LogP contribution in [0.15, 0.2) is 40.2 Å². The average Bonchev–Trinajstić information content (AvgIpc) is 2.77. The third kappa shape index (κ3) is 3.17. The van der Waals surface area contributed by atoms with Crippen LogP contribution < -0.4 is 5.32 Å². The lowest BCUT2D eigenvalue weighted by atomic mass is 10.1. The number of rotatable bonds is 3. The van der Waals surface area contributed by atoms with E-state index in [1.54, 1.807) is 0 Å². The summed E-state index contributed by atoms with van der Waals surface area (Å²) in [5, 5.41) is 2.87. The number of aryl methyl sites for hydroxylation is 1. The van der Waals surface area contributed by atoms with E-state index in [9.17, 15) is 4.79 Å². The Balaban J connectivity index is 2.07. The summed E-state index contributed by atoms with van der Waals surface area (Å²) in [6, 6.07) is 11.6. The topological polar surface area (TPSA) is 29.1 Å². The number of thiophene rings is 1. The first-order valence-electron chi connectivity index (χ1n) is 5.34.